The predicted molar refractivity (Wildman–Crippen MR) is 119 cm³/mol. The number of H-pyrrole nitrogens is 1. The third-order valence-electron chi connectivity index (χ3n) is 5.33. The molecule has 3 amide bonds. The number of nitrogens with zero attached hydrogens (tertiary/aromatic N) is 5. The zero-order chi connectivity index (χ0) is 23.5. The minimum absolute atomic E-state index is 0.147. The number of anilines is 2. The molecule has 2 N–H and O–H groups in total. The van der Waals surface area contributed by atoms with Crippen LogP contribution in [0.1, 0.15) is 12.7 Å². The molecule has 3 heterocycles. The van der Waals surface area contributed by atoms with E-state index in [1.807, 2.05) is 4.90 Å². The van der Waals surface area contributed by atoms with Crippen molar-refractivity contribution in [3.8, 4) is 0 Å². The van der Waals surface area contributed by atoms with E-state index in [4.69, 9.17) is 4.74 Å². The normalized spacial score (nSPS) is 18.5. The van der Waals surface area contributed by atoms with Crippen LogP contribution >= 0.6 is 11.8 Å². The lowest BCUT2D eigenvalue weighted by Gasteiger charge is -2.36. The summed E-state index contributed by atoms with van der Waals surface area (Å²) >= 11 is 0.961. The number of benzene rings is 1. The molecule has 2 saturated heterocycles. The molecule has 2 aliphatic rings. The fraction of sp³-hybridized carbons (Fsp3) is 0.450. The summed E-state index contributed by atoms with van der Waals surface area (Å²) in [7, 11) is 0. The van der Waals surface area contributed by atoms with Crippen molar-refractivity contribution in [3.05, 3.63) is 29.8 Å². The SMILES string of the molecule is CC(=O)NC[C@H]1CN(c2ccc(N3CCN(C(=O)Sc4n[nH]c(C)n4)CC3)c(F)c2)C(=O)O1. The second-order valence-electron chi connectivity index (χ2n) is 7.73. The van der Waals surface area contributed by atoms with E-state index in [0.717, 1.165) is 11.8 Å². The number of ether oxygens (including phenoxy) is 1. The Labute approximate surface area is 193 Å². The van der Waals surface area contributed by atoms with E-state index in [9.17, 15) is 18.8 Å². The summed E-state index contributed by atoms with van der Waals surface area (Å²) in [4.78, 5) is 44.7. The third-order valence-corrected chi connectivity index (χ3v) is 6.13. The van der Waals surface area contributed by atoms with Crippen LogP contribution in [0.25, 0.3) is 0 Å². The number of amides is 3. The molecule has 0 bridgehead atoms. The molecule has 13 heteroatoms. The molecule has 1 aromatic heterocycles. The number of rotatable bonds is 5. The Hall–Kier alpha value is -3.35. The van der Waals surface area contributed by atoms with Gasteiger partial charge in [-0.1, -0.05) is 0 Å². The molecule has 33 heavy (non-hydrogen) atoms. The number of hydrogen-bond acceptors (Lipinski definition) is 8. The van der Waals surface area contributed by atoms with E-state index >= 15 is 0 Å². The quantitative estimate of drug-likeness (QED) is 0.625. The lowest BCUT2D eigenvalue weighted by Crippen LogP contribution is -2.48. The van der Waals surface area contributed by atoms with Crippen molar-refractivity contribution in [1.82, 2.24) is 25.4 Å². The first-order valence-corrected chi connectivity index (χ1v) is 11.2. The van der Waals surface area contributed by atoms with Gasteiger partial charge in [-0.3, -0.25) is 19.6 Å². The zero-order valence-corrected chi connectivity index (χ0v) is 19.0. The highest BCUT2D eigenvalue weighted by atomic mass is 32.2. The highest BCUT2D eigenvalue weighted by Crippen LogP contribution is 2.29. The highest BCUT2D eigenvalue weighted by Gasteiger charge is 2.33. The van der Waals surface area contributed by atoms with Gasteiger partial charge in [-0.2, -0.15) is 0 Å². The summed E-state index contributed by atoms with van der Waals surface area (Å²) in [5.74, 6) is -0.0383. The van der Waals surface area contributed by atoms with Gasteiger partial charge in [0.2, 0.25) is 11.1 Å². The first kappa shape index (κ1) is 22.8. The lowest BCUT2D eigenvalue weighted by molar-refractivity contribution is -0.119. The van der Waals surface area contributed by atoms with Crippen molar-refractivity contribution in [2.75, 3.05) is 49.1 Å². The van der Waals surface area contributed by atoms with Gasteiger partial charge in [-0.25, -0.2) is 14.2 Å². The van der Waals surface area contributed by atoms with E-state index in [-0.39, 0.29) is 24.2 Å². The second kappa shape index (κ2) is 9.65. The van der Waals surface area contributed by atoms with Gasteiger partial charge in [0, 0.05) is 44.9 Å². The smallest absolute Gasteiger partial charge is 0.414 e. The first-order chi connectivity index (χ1) is 15.8. The second-order valence-corrected chi connectivity index (χ2v) is 8.65. The fourth-order valence-electron chi connectivity index (χ4n) is 3.66. The molecule has 4 rings (SSSR count). The number of aromatic nitrogens is 3. The number of piperazine rings is 1. The minimum Gasteiger partial charge on any atom is -0.442 e. The first-order valence-electron chi connectivity index (χ1n) is 10.4. The van der Waals surface area contributed by atoms with Gasteiger partial charge in [0.05, 0.1) is 24.5 Å². The van der Waals surface area contributed by atoms with Crippen molar-refractivity contribution in [3.63, 3.8) is 0 Å². The highest BCUT2D eigenvalue weighted by molar-refractivity contribution is 8.13. The summed E-state index contributed by atoms with van der Waals surface area (Å²) < 4.78 is 20.2. The lowest BCUT2D eigenvalue weighted by atomic mass is 10.2. The number of aromatic amines is 1. The summed E-state index contributed by atoms with van der Waals surface area (Å²) in [6, 6.07) is 4.59. The molecule has 0 radical (unpaired) electrons. The van der Waals surface area contributed by atoms with Gasteiger partial charge in [-0.15, -0.1) is 5.10 Å². The van der Waals surface area contributed by atoms with E-state index in [1.165, 1.54) is 17.9 Å². The average molecular weight is 478 g/mol. The topological polar surface area (TPSA) is 124 Å². The summed E-state index contributed by atoms with van der Waals surface area (Å²) in [5.41, 5.74) is 0.795. The van der Waals surface area contributed by atoms with E-state index in [2.05, 4.69) is 20.5 Å². The molecule has 1 atom stereocenters. The van der Waals surface area contributed by atoms with Crippen molar-refractivity contribution in [2.45, 2.75) is 25.1 Å². The maximum absolute atomic E-state index is 14.9. The van der Waals surface area contributed by atoms with Gasteiger partial charge in [0.25, 0.3) is 5.24 Å². The maximum atomic E-state index is 14.9. The van der Waals surface area contributed by atoms with Crippen LogP contribution in [0.4, 0.5) is 25.4 Å². The summed E-state index contributed by atoms with van der Waals surface area (Å²) in [6.07, 6.45) is -1.07. The fourth-order valence-corrected chi connectivity index (χ4v) is 4.40. The van der Waals surface area contributed by atoms with Gasteiger partial charge in [-0.05, 0) is 25.1 Å². The summed E-state index contributed by atoms with van der Waals surface area (Å²) in [6.45, 7) is 5.40. The molecule has 0 unspecified atom stereocenters. The van der Waals surface area contributed by atoms with Crippen molar-refractivity contribution < 1.29 is 23.5 Å². The number of nitrogens with one attached hydrogen (secondary N) is 2. The average Bonchev–Trinajstić information content (AvgIpc) is 3.37. The Kier molecular flexibility index (Phi) is 6.67. The van der Waals surface area contributed by atoms with Crippen LogP contribution in [0.2, 0.25) is 0 Å². The number of hydrogen-bond donors (Lipinski definition) is 2. The molecule has 2 aliphatic heterocycles. The predicted octanol–water partition coefficient (Wildman–Crippen LogP) is 1.75. The van der Waals surface area contributed by atoms with Gasteiger partial charge in [0.15, 0.2) is 0 Å². The molecule has 0 saturated carbocycles. The molecule has 176 valence electrons. The van der Waals surface area contributed by atoms with Crippen molar-refractivity contribution in [1.29, 1.82) is 0 Å². The van der Waals surface area contributed by atoms with Crippen LogP contribution in [0.3, 0.4) is 0 Å². The zero-order valence-electron chi connectivity index (χ0n) is 18.2. The number of carbonyl (C=O) groups is 3. The van der Waals surface area contributed by atoms with Crippen LogP contribution in [0.15, 0.2) is 23.4 Å². The van der Waals surface area contributed by atoms with Crippen LogP contribution in [0.5, 0.6) is 0 Å². The van der Waals surface area contributed by atoms with E-state index in [1.54, 1.807) is 24.0 Å². The number of cyclic esters (lactones) is 1. The van der Waals surface area contributed by atoms with Crippen LogP contribution in [0, 0.1) is 12.7 Å². The number of aryl methyl sites for hydroxylation is 1. The van der Waals surface area contributed by atoms with Crippen LogP contribution < -0.4 is 15.1 Å². The standard InChI is InChI=1S/C20H24FN7O4S/c1-12-23-18(25-24-12)33-20(31)27-7-5-26(6-8-27)17-4-3-14(9-16(17)21)28-11-15(32-19(28)30)10-22-13(2)29/h3-4,9,15H,5-8,10-11H2,1-2H3,(H,22,29)(H,23,24,25)/t15-/m0/s1. The van der Waals surface area contributed by atoms with Gasteiger partial charge < -0.3 is 19.9 Å². The molecule has 2 aromatic rings. The van der Waals surface area contributed by atoms with Crippen LogP contribution in [-0.2, 0) is 9.53 Å². The summed E-state index contributed by atoms with van der Waals surface area (Å²) in [5, 5.41) is 9.50. The van der Waals surface area contributed by atoms with Gasteiger partial charge >= 0.3 is 6.09 Å². The van der Waals surface area contributed by atoms with Crippen LogP contribution in [-0.4, -0.2) is 82.7 Å². The number of carbonyl (C=O) groups excluding carboxylic acids is 3. The van der Waals surface area contributed by atoms with Crippen molar-refractivity contribution >= 4 is 40.4 Å². The van der Waals surface area contributed by atoms with Gasteiger partial charge in [0.1, 0.15) is 17.7 Å². The van der Waals surface area contributed by atoms with E-state index < -0.39 is 18.0 Å². The number of halogens is 1. The molecule has 11 nitrogen and oxygen atoms in total. The minimum atomic E-state index is -0.580. The van der Waals surface area contributed by atoms with Crippen molar-refractivity contribution in [2.24, 2.45) is 0 Å². The third kappa shape index (κ3) is 5.35. The molecule has 2 fully saturated rings. The Bertz CT molecular complexity index is 1060. The molecular formula is C20H24FN7O4S. The maximum Gasteiger partial charge on any atom is 0.414 e. The molecule has 0 aliphatic carbocycles. The monoisotopic (exact) mass is 477 g/mol. The Balaban J connectivity index is 1.34. The molecule has 0 spiro atoms. The Morgan fingerprint density at radius 1 is 1.30 bits per heavy atom. The Morgan fingerprint density at radius 3 is 2.70 bits per heavy atom. The van der Waals surface area contributed by atoms with E-state index in [0.29, 0.717) is 48.5 Å². The molecule has 1 aromatic carbocycles. The Morgan fingerprint density at radius 2 is 2.06 bits per heavy atom. The largest absolute Gasteiger partial charge is 0.442 e. The number of thioether (sulfide) groups is 1. The molecular weight excluding hydrogens is 453 g/mol.